The van der Waals surface area contributed by atoms with Crippen molar-refractivity contribution >= 4 is 33.1 Å². The quantitative estimate of drug-likeness (QED) is 0.822. The Bertz CT molecular complexity index is 1020. The third-order valence-corrected chi connectivity index (χ3v) is 6.26. The van der Waals surface area contributed by atoms with Crippen molar-refractivity contribution < 1.29 is 12.8 Å². The van der Waals surface area contributed by atoms with Crippen LogP contribution in [0.1, 0.15) is 37.4 Å². The van der Waals surface area contributed by atoms with Crippen LogP contribution in [0.2, 0.25) is 5.02 Å². The first-order valence-electron chi connectivity index (χ1n) is 8.46. The third-order valence-electron chi connectivity index (χ3n) is 4.61. The summed E-state index contributed by atoms with van der Waals surface area (Å²) >= 11 is 6.27. The summed E-state index contributed by atoms with van der Waals surface area (Å²) < 4.78 is 40.3. The van der Waals surface area contributed by atoms with Crippen LogP contribution in [0.4, 0.5) is 10.3 Å². The maximum atomic E-state index is 14.5. The van der Waals surface area contributed by atoms with E-state index in [1.807, 2.05) is 13.8 Å². The zero-order valence-electron chi connectivity index (χ0n) is 15.1. The zero-order chi connectivity index (χ0) is 19.9. The maximum absolute atomic E-state index is 14.5. The second-order valence-electron chi connectivity index (χ2n) is 6.90. The second-order valence-corrected chi connectivity index (χ2v) is 9.26. The van der Waals surface area contributed by atoms with Crippen molar-refractivity contribution in [3.05, 3.63) is 22.5 Å². The first kappa shape index (κ1) is 19.8. The molecule has 1 aliphatic rings. The highest BCUT2D eigenvalue weighted by molar-refractivity contribution is 7.88. The Balaban J connectivity index is 1.89. The average Bonchev–Trinajstić information content (AvgIpc) is 2.87. The lowest BCUT2D eigenvalue weighted by Crippen LogP contribution is -2.49. The molecule has 27 heavy (non-hydrogen) atoms. The highest BCUT2D eigenvalue weighted by Crippen LogP contribution is 2.32. The summed E-state index contributed by atoms with van der Waals surface area (Å²) in [5.41, 5.74) is 1.51. The Morgan fingerprint density at radius 3 is 2.74 bits per heavy atom. The Kier molecular flexibility index (Phi) is 5.29. The van der Waals surface area contributed by atoms with Gasteiger partial charge >= 0.3 is 0 Å². The van der Waals surface area contributed by atoms with E-state index in [-0.39, 0.29) is 30.0 Å². The van der Waals surface area contributed by atoms with Crippen molar-refractivity contribution in [3.8, 4) is 6.07 Å². The van der Waals surface area contributed by atoms with Gasteiger partial charge in [-0.2, -0.15) is 9.57 Å². The van der Waals surface area contributed by atoms with Crippen molar-refractivity contribution in [1.29, 1.82) is 5.26 Å². The highest BCUT2D eigenvalue weighted by Gasteiger charge is 2.33. The Labute approximate surface area is 162 Å². The van der Waals surface area contributed by atoms with Crippen molar-refractivity contribution in [2.24, 2.45) is 0 Å². The third kappa shape index (κ3) is 3.72. The predicted molar refractivity (Wildman–Crippen MR) is 100 cm³/mol. The van der Waals surface area contributed by atoms with Crippen LogP contribution in [0.25, 0.3) is 5.52 Å². The molecule has 1 aliphatic heterocycles. The van der Waals surface area contributed by atoms with Crippen LogP contribution in [0.15, 0.2) is 6.20 Å². The minimum Gasteiger partial charge on any atom is -0.347 e. The van der Waals surface area contributed by atoms with Crippen LogP contribution in [-0.2, 0) is 10.0 Å². The second kappa shape index (κ2) is 7.22. The Hall–Kier alpha value is -1.96. The summed E-state index contributed by atoms with van der Waals surface area (Å²) in [6.45, 7) is 3.87. The van der Waals surface area contributed by atoms with Gasteiger partial charge in [0.05, 0.1) is 34.8 Å². The van der Waals surface area contributed by atoms with Gasteiger partial charge in [-0.3, -0.25) is 0 Å². The number of halogens is 2. The van der Waals surface area contributed by atoms with Gasteiger partial charge in [0.1, 0.15) is 17.8 Å². The van der Waals surface area contributed by atoms with Crippen molar-refractivity contribution in [2.75, 3.05) is 24.7 Å². The molecule has 2 atom stereocenters. The number of hydrogen-bond acceptors (Lipinski definition) is 6. The summed E-state index contributed by atoms with van der Waals surface area (Å²) in [5.74, 6) is 0.190. The zero-order valence-corrected chi connectivity index (χ0v) is 16.7. The highest BCUT2D eigenvalue weighted by atomic mass is 35.5. The molecule has 11 heteroatoms. The molecule has 0 bridgehead atoms. The van der Waals surface area contributed by atoms with Crippen molar-refractivity contribution in [3.63, 3.8) is 0 Å². The van der Waals surface area contributed by atoms with Crippen LogP contribution < -0.4 is 5.32 Å². The molecule has 0 unspecified atom stereocenters. The molecule has 2 aromatic heterocycles. The molecule has 0 radical (unpaired) electrons. The van der Waals surface area contributed by atoms with Crippen molar-refractivity contribution in [1.82, 2.24) is 18.9 Å². The summed E-state index contributed by atoms with van der Waals surface area (Å²) in [5, 5.41) is 17.0. The van der Waals surface area contributed by atoms with Gasteiger partial charge in [0.2, 0.25) is 16.0 Å². The van der Waals surface area contributed by atoms with E-state index in [0.29, 0.717) is 23.2 Å². The summed E-state index contributed by atoms with van der Waals surface area (Å²) in [7, 11) is -3.42. The van der Waals surface area contributed by atoms with E-state index in [4.69, 9.17) is 11.6 Å². The number of fused-ring (bicyclic) bond motifs is 1. The van der Waals surface area contributed by atoms with Gasteiger partial charge < -0.3 is 5.32 Å². The first-order chi connectivity index (χ1) is 12.6. The number of alkyl halides is 1. The molecular formula is C16H20ClFN6O2S. The molecule has 1 saturated heterocycles. The number of nitrogens with one attached hydrogen (secondary N) is 1. The number of anilines is 1. The number of nitriles is 1. The molecule has 0 spiro atoms. The summed E-state index contributed by atoms with van der Waals surface area (Å²) in [4.78, 5) is 4.18. The van der Waals surface area contributed by atoms with Crippen LogP contribution in [0, 0.1) is 11.3 Å². The van der Waals surface area contributed by atoms with Gasteiger partial charge in [-0.25, -0.2) is 22.3 Å². The van der Waals surface area contributed by atoms with Gasteiger partial charge in [-0.05, 0) is 12.3 Å². The topological polar surface area (TPSA) is 103 Å². The monoisotopic (exact) mass is 414 g/mol. The SMILES string of the molecule is CC(C)c1c(C#N)c(Cl)c2cnc(N[C@H]3CCN(S(C)(=O)=O)C[C@H]3F)nn12. The number of sulfonamides is 1. The van der Waals surface area contributed by atoms with Crippen LogP contribution >= 0.6 is 11.6 Å². The molecule has 3 rings (SSSR count). The number of piperidine rings is 1. The largest absolute Gasteiger partial charge is 0.347 e. The summed E-state index contributed by atoms with van der Waals surface area (Å²) in [6.07, 6.45) is 1.46. The van der Waals surface area contributed by atoms with Gasteiger partial charge in [0.15, 0.2) is 0 Å². The van der Waals surface area contributed by atoms with E-state index in [2.05, 4.69) is 21.5 Å². The lowest BCUT2D eigenvalue weighted by Gasteiger charge is -2.33. The lowest BCUT2D eigenvalue weighted by atomic mass is 10.1. The van der Waals surface area contributed by atoms with E-state index in [0.717, 1.165) is 10.6 Å². The van der Waals surface area contributed by atoms with Gasteiger partial charge in [0, 0.05) is 13.1 Å². The molecule has 146 valence electrons. The van der Waals surface area contributed by atoms with Gasteiger partial charge in [-0.15, -0.1) is 5.10 Å². The van der Waals surface area contributed by atoms with E-state index in [1.54, 1.807) is 4.52 Å². The molecule has 1 N–H and O–H groups in total. The molecule has 8 nitrogen and oxygen atoms in total. The minimum absolute atomic E-state index is 0.00526. The number of aromatic nitrogens is 3. The molecule has 0 amide bonds. The first-order valence-corrected chi connectivity index (χ1v) is 10.7. The van der Waals surface area contributed by atoms with Crippen LogP contribution in [-0.4, -0.2) is 58.9 Å². The molecule has 3 heterocycles. The lowest BCUT2D eigenvalue weighted by molar-refractivity contribution is 0.186. The smallest absolute Gasteiger partial charge is 0.241 e. The molecule has 0 aliphatic carbocycles. The van der Waals surface area contributed by atoms with E-state index in [1.165, 1.54) is 6.20 Å². The molecule has 2 aromatic rings. The molecule has 0 saturated carbocycles. The van der Waals surface area contributed by atoms with E-state index in [9.17, 15) is 18.1 Å². The standard InChI is InChI=1S/C16H20ClFN6O2S/c1-9(2)15-10(6-19)14(17)13-7-20-16(22-24(13)15)21-12-4-5-23(8-11(12)18)27(3,25)26/h7,9,11-12H,4-5,8H2,1-3H3,(H,21,22)/t11-,12+/m1/s1. The average molecular weight is 415 g/mol. The van der Waals surface area contributed by atoms with Crippen LogP contribution in [0.3, 0.4) is 0 Å². The normalized spacial score (nSPS) is 21.5. The van der Waals surface area contributed by atoms with Gasteiger partial charge in [-0.1, -0.05) is 25.4 Å². The fraction of sp³-hybridized carbons (Fsp3) is 0.562. The fourth-order valence-electron chi connectivity index (χ4n) is 3.24. The van der Waals surface area contributed by atoms with Crippen LogP contribution in [0.5, 0.6) is 0 Å². The maximum Gasteiger partial charge on any atom is 0.241 e. The molecular weight excluding hydrogens is 395 g/mol. The van der Waals surface area contributed by atoms with Crippen molar-refractivity contribution in [2.45, 2.75) is 38.4 Å². The van der Waals surface area contributed by atoms with E-state index < -0.39 is 22.2 Å². The number of nitrogens with zero attached hydrogens (tertiary/aromatic N) is 5. The number of rotatable bonds is 4. The van der Waals surface area contributed by atoms with Gasteiger partial charge in [0.25, 0.3) is 0 Å². The number of hydrogen-bond donors (Lipinski definition) is 1. The Morgan fingerprint density at radius 2 is 2.19 bits per heavy atom. The molecule has 1 fully saturated rings. The fourth-order valence-corrected chi connectivity index (χ4v) is 4.36. The molecule has 0 aromatic carbocycles. The predicted octanol–water partition coefficient (Wildman–Crippen LogP) is 2.16. The minimum atomic E-state index is -3.42. The Morgan fingerprint density at radius 1 is 1.48 bits per heavy atom. The summed E-state index contributed by atoms with van der Waals surface area (Å²) in [6, 6.07) is 1.49. The van der Waals surface area contributed by atoms with E-state index >= 15 is 0 Å².